The van der Waals surface area contributed by atoms with Gasteiger partial charge in [0.1, 0.15) is 0 Å². The first-order valence-corrected chi connectivity index (χ1v) is 5.38. The van der Waals surface area contributed by atoms with Gasteiger partial charge in [-0.1, -0.05) is 12.6 Å². The molecule has 2 aliphatic rings. The van der Waals surface area contributed by atoms with Gasteiger partial charge >= 0.3 is 0 Å². The molecule has 1 heterocycles. The van der Waals surface area contributed by atoms with Crippen molar-refractivity contribution < 1.29 is 0 Å². The second-order valence-corrected chi connectivity index (χ2v) is 4.72. The summed E-state index contributed by atoms with van der Waals surface area (Å²) in [4.78, 5) is 4.63. The van der Waals surface area contributed by atoms with Gasteiger partial charge in [0.2, 0.25) is 0 Å². The van der Waals surface area contributed by atoms with E-state index >= 15 is 0 Å². The summed E-state index contributed by atoms with van der Waals surface area (Å²) >= 11 is 0. The van der Waals surface area contributed by atoms with Crippen molar-refractivity contribution >= 4 is 5.57 Å². The third kappa shape index (κ3) is 0.985. The monoisotopic (exact) mass is 185 g/mol. The van der Waals surface area contributed by atoms with Gasteiger partial charge in [0.25, 0.3) is 0 Å². The lowest BCUT2D eigenvalue weighted by Gasteiger charge is -2.26. The van der Waals surface area contributed by atoms with Crippen molar-refractivity contribution in [3.63, 3.8) is 0 Å². The third-order valence-electron chi connectivity index (χ3n) is 3.77. The molecule has 14 heavy (non-hydrogen) atoms. The van der Waals surface area contributed by atoms with E-state index in [1.54, 1.807) is 0 Å². The zero-order valence-corrected chi connectivity index (χ0v) is 8.64. The molecule has 2 aliphatic carbocycles. The average molecular weight is 185 g/mol. The Labute approximate surface area is 84.9 Å². The topological polar surface area (TPSA) is 12.9 Å². The van der Waals surface area contributed by atoms with Gasteiger partial charge in [-0.15, -0.1) is 0 Å². The summed E-state index contributed by atoms with van der Waals surface area (Å²) in [6, 6.07) is 4.33. The number of rotatable bonds is 0. The Morgan fingerprint density at radius 1 is 1.29 bits per heavy atom. The van der Waals surface area contributed by atoms with Crippen molar-refractivity contribution in [2.75, 3.05) is 0 Å². The van der Waals surface area contributed by atoms with Crippen LogP contribution in [-0.4, -0.2) is 4.98 Å². The molecule has 0 saturated heterocycles. The highest BCUT2D eigenvalue weighted by molar-refractivity contribution is 5.72. The van der Waals surface area contributed by atoms with Gasteiger partial charge < -0.3 is 0 Å². The lowest BCUT2D eigenvalue weighted by atomic mass is 9.80. The molecule has 1 aromatic heterocycles. The number of nitrogens with zero attached hydrogens (tertiary/aromatic N) is 1. The Kier molecular flexibility index (Phi) is 1.45. The van der Waals surface area contributed by atoms with E-state index in [9.17, 15) is 0 Å². The molecular weight excluding hydrogens is 170 g/mol. The van der Waals surface area contributed by atoms with Gasteiger partial charge in [0, 0.05) is 5.69 Å². The summed E-state index contributed by atoms with van der Waals surface area (Å²) in [6.45, 7) is 6.31. The van der Waals surface area contributed by atoms with Crippen molar-refractivity contribution in [3.05, 3.63) is 35.7 Å². The summed E-state index contributed by atoms with van der Waals surface area (Å²) in [5, 5.41) is 0. The average Bonchev–Trinajstić information content (AvgIpc) is 2.94. The second kappa shape index (κ2) is 2.47. The lowest BCUT2D eigenvalue weighted by molar-refractivity contribution is 0.577. The maximum Gasteiger partial charge on any atom is 0.0696 e. The molecule has 1 fully saturated rings. The van der Waals surface area contributed by atoms with Gasteiger partial charge in [-0.2, -0.15) is 0 Å². The van der Waals surface area contributed by atoms with Crippen LogP contribution in [0.1, 0.15) is 36.2 Å². The fourth-order valence-electron chi connectivity index (χ4n) is 2.53. The second-order valence-electron chi connectivity index (χ2n) is 4.72. The maximum atomic E-state index is 4.63. The molecule has 0 N–H and O–H groups in total. The fourth-order valence-corrected chi connectivity index (χ4v) is 2.53. The van der Waals surface area contributed by atoms with Crippen LogP contribution in [0.4, 0.5) is 0 Å². The largest absolute Gasteiger partial charge is 0.253 e. The normalized spacial score (nSPS) is 22.2. The number of hydrogen-bond donors (Lipinski definition) is 0. The molecule has 0 amide bonds. The van der Waals surface area contributed by atoms with Crippen LogP contribution in [0.2, 0.25) is 0 Å². The SMILES string of the molecule is C=C1c2nc(C)ccc2CCC12CC2. The first-order chi connectivity index (χ1) is 6.71. The predicted octanol–water partition coefficient (Wildman–Crippen LogP) is 3.13. The van der Waals surface area contributed by atoms with Crippen LogP contribution in [0.15, 0.2) is 18.7 Å². The fraction of sp³-hybridized carbons (Fsp3) is 0.462. The van der Waals surface area contributed by atoms with Crippen LogP contribution >= 0.6 is 0 Å². The molecule has 1 nitrogen and oxygen atoms in total. The Balaban J connectivity index is 2.13. The first kappa shape index (κ1) is 8.22. The highest BCUT2D eigenvalue weighted by Gasteiger charge is 2.47. The molecule has 1 heteroatoms. The number of fused-ring (bicyclic) bond motifs is 1. The van der Waals surface area contributed by atoms with E-state index in [1.165, 1.54) is 42.5 Å². The van der Waals surface area contributed by atoms with Crippen molar-refractivity contribution in [2.24, 2.45) is 5.41 Å². The molecular formula is C13H15N. The summed E-state index contributed by atoms with van der Waals surface area (Å²) < 4.78 is 0. The van der Waals surface area contributed by atoms with Gasteiger partial charge in [-0.25, -0.2) is 0 Å². The van der Waals surface area contributed by atoms with E-state index in [1.807, 2.05) is 0 Å². The smallest absolute Gasteiger partial charge is 0.0696 e. The van der Waals surface area contributed by atoms with Crippen molar-refractivity contribution in [1.82, 2.24) is 4.98 Å². The Hall–Kier alpha value is -1.11. The minimum atomic E-state index is 0.466. The van der Waals surface area contributed by atoms with E-state index in [-0.39, 0.29) is 0 Å². The zero-order chi connectivity index (χ0) is 9.76. The van der Waals surface area contributed by atoms with Crippen LogP contribution in [0, 0.1) is 12.3 Å². The number of allylic oxidation sites excluding steroid dienone is 1. The van der Waals surface area contributed by atoms with Crippen LogP contribution < -0.4 is 0 Å². The highest BCUT2D eigenvalue weighted by atomic mass is 14.7. The predicted molar refractivity (Wildman–Crippen MR) is 58.0 cm³/mol. The molecule has 0 bridgehead atoms. The maximum absolute atomic E-state index is 4.63. The van der Waals surface area contributed by atoms with E-state index in [4.69, 9.17) is 0 Å². The summed E-state index contributed by atoms with van der Waals surface area (Å²) in [7, 11) is 0. The van der Waals surface area contributed by atoms with Gasteiger partial charge in [-0.05, 0) is 55.2 Å². The summed E-state index contributed by atoms with van der Waals surface area (Å²) in [5.74, 6) is 0. The van der Waals surface area contributed by atoms with Gasteiger partial charge in [0.15, 0.2) is 0 Å². The summed E-state index contributed by atoms with van der Waals surface area (Å²) in [5.41, 5.74) is 5.49. The zero-order valence-electron chi connectivity index (χ0n) is 8.64. The molecule has 3 rings (SSSR count). The van der Waals surface area contributed by atoms with Gasteiger partial charge in [0.05, 0.1) is 5.69 Å². The van der Waals surface area contributed by atoms with Crippen LogP contribution in [0.5, 0.6) is 0 Å². The number of hydrogen-bond acceptors (Lipinski definition) is 1. The minimum Gasteiger partial charge on any atom is -0.253 e. The number of pyridine rings is 1. The van der Waals surface area contributed by atoms with Crippen molar-refractivity contribution in [1.29, 1.82) is 0 Å². The Morgan fingerprint density at radius 2 is 2.07 bits per heavy atom. The third-order valence-corrected chi connectivity index (χ3v) is 3.77. The first-order valence-electron chi connectivity index (χ1n) is 5.38. The molecule has 0 unspecified atom stereocenters. The molecule has 1 aromatic rings. The quantitative estimate of drug-likeness (QED) is 0.605. The molecule has 0 aromatic carbocycles. The number of aromatic nitrogens is 1. The molecule has 0 radical (unpaired) electrons. The highest BCUT2D eigenvalue weighted by Crippen LogP contribution is 2.60. The Morgan fingerprint density at radius 3 is 2.79 bits per heavy atom. The molecule has 1 spiro atoms. The molecule has 0 atom stereocenters. The van der Waals surface area contributed by atoms with Crippen molar-refractivity contribution in [2.45, 2.75) is 32.6 Å². The standard InChI is InChI=1S/C13H15N/c1-9-3-4-11-5-6-13(7-8-13)10(2)12(11)14-9/h3-4H,2,5-8H2,1H3. The molecule has 0 aliphatic heterocycles. The van der Waals surface area contributed by atoms with E-state index in [0.717, 1.165) is 5.69 Å². The van der Waals surface area contributed by atoms with E-state index < -0.39 is 0 Å². The van der Waals surface area contributed by atoms with E-state index in [0.29, 0.717) is 5.41 Å². The molecule has 1 saturated carbocycles. The van der Waals surface area contributed by atoms with E-state index in [2.05, 4.69) is 30.6 Å². The molecule has 72 valence electrons. The summed E-state index contributed by atoms with van der Waals surface area (Å²) in [6.07, 6.45) is 5.16. The number of aryl methyl sites for hydroxylation is 2. The van der Waals surface area contributed by atoms with Crippen LogP contribution in [0.3, 0.4) is 0 Å². The lowest BCUT2D eigenvalue weighted by Crippen LogP contribution is -2.15. The van der Waals surface area contributed by atoms with Crippen molar-refractivity contribution in [3.8, 4) is 0 Å². The van der Waals surface area contributed by atoms with Crippen LogP contribution in [-0.2, 0) is 6.42 Å². The Bertz CT molecular complexity index is 413. The van der Waals surface area contributed by atoms with Crippen LogP contribution in [0.25, 0.3) is 5.57 Å². The van der Waals surface area contributed by atoms with Gasteiger partial charge in [-0.3, -0.25) is 4.98 Å². The minimum absolute atomic E-state index is 0.466.